The molecule has 0 aromatic carbocycles. The van der Waals surface area contributed by atoms with Crippen molar-refractivity contribution in [3.8, 4) is 0 Å². The predicted molar refractivity (Wildman–Crippen MR) is 88.4 cm³/mol. The Morgan fingerprint density at radius 1 is 1.00 bits per heavy atom. The van der Waals surface area contributed by atoms with Crippen molar-refractivity contribution in [1.29, 1.82) is 0 Å². The first-order valence-corrected chi connectivity index (χ1v) is 8.74. The van der Waals surface area contributed by atoms with Gasteiger partial charge in [-0.2, -0.15) is 0 Å². The highest BCUT2D eigenvalue weighted by atomic mass is 35.5. The normalized spacial score (nSPS) is 34.6. The lowest BCUT2D eigenvalue weighted by atomic mass is 9.67. The second-order valence-corrected chi connectivity index (χ2v) is 7.50. The first-order valence-electron chi connectivity index (χ1n) is 8.74. The largest absolute Gasteiger partial charge is 0.349 e. The van der Waals surface area contributed by atoms with Crippen molar-refractivity contribution >= 4 is 18.3 Å². The van der Waals surface area contributed by atoms with Gasteiger partial charge < -0.3 is 11.1 Å². The molecule has 0 aliphatic heterocycles. The van der Waals surface area contributed by atoms with Crippen molar-refractivity contribution in [2.24, 2.45) is 23.5 Å². The van der Waals surface area contributed by atoms with Gasteiger partial charge in [0.05, 0.1) is 5.54 Å². The van der Waals surface area contributed by atoms with Gasteiger partial charge in [-0.15, -0.1) is 12.4 Å². The Kier molecular flexibility index (Phi) is 5.96. The van der Waals surface area contributed by atoms with E-state index in [9.17, 15) is 4.79 Å². The summed E-state index contributed by atoms with van der Waals surface area (Å²) in [6, 6.07) is 0. The molecule has 0 heterocycles. The van der Waals surface area contributed by atoms with Crippen LogP contribution in [0.2, 0.25) is 0 Å². The summed E-state index contributed by atoms with van der Waals surface area (Å²) in [5, 5.41) is 3.34. The second kappa shape index (κ2) is 7.32. The van der Waals surface area contributed by atoms with Crippen molar-refractivity contribution < 1.29 is 4.79 Å². The van der Waals surface area contributed by atoms with E-state index in [-0.39, 0.29) is 23.9 Å². The third-order valence-corrected chi connectivity index (χ3v) is 6.25. The molecule has 3 atom stereocenters. The van der Waals surface area contributed by atoms with Gasteiger partial charge in [0, 0.05) is 12.5 Å². The molecule has 0 aromatic rings. The standard InChI is InChI=1S/C17H30N2O.ClH/c18-12-17(9-3-4-10-17)19-16(20)15-8-7-13-5-1-2-6-14(13)11-15;/h13-15H,1-12,18H2,(H,19,20);1H. The van der Waals surface area contributed by atoms with E-state index in [1.165, 1.54) is 44.9 Å². The van der Waals surface area contributed by atoms with E-state index in [1.807, 2.05) is 0 Å². The minimum absolute atomic E-state index is 0. The van der Waals surface area contributed by atoms with Gasteiger partial charge in [-0.25, -0.2) is 0 Å². The highest BCUT2D eigenvalue weighted by Gasteiger charge is 2.39. The summed E-state index contributed by atoms with van der Waals surface area (Å²) in [5.74, 6) is 2.31. The van der Waals surface area contributed by atoms with Crippen LogP contribution in [-0.2, 0) is 4.79 Å². The Bertz CT molecular complexity index is 355. The summed E-state index contributed by atoms with van der Waals surface area (Å²) < 4.78 is 0. The van der Waals surface area contributed by atoms with E-state index >= 15 is 0 Å². The molecule has 3 N–H and O–H groups in total. The zero-order chi connectivity index (χ0) is 14.0. The van der Waals surface area contributed by atoms with E-state index in [2.05, 4.69) is 5.32 Å². The number of rotatable bonds is 3. The van der Waals surface area contributed by atoms with Gasteiger partial charge in [0.2, 0.25) is 5.91 Å². The van der Waals surface area contributed by atoms with Crippen LogP contribution in [0.5, 0.6) is 0 Å². The zero-order valence-corrected chi connectivity index (χ0v) is 13.9. The zero-order valence-electron chi connectivity index (χ0n) is 13.1. The molecule has 122 valence electrons. The molecule has 4 heteroatoms. The van der Waals surface area contributed by atoms with Crippen LogP contribution in [0.15, 0.2) is 0 Å². The Hall–Kier alpha value is -0.280. The molecule has 0 radical (unpaired) electrons. The van der Waals surface area contributed by atoms with Crippen LogP contribution in [0.3, 0.4) is 0 Å². The Morgan fingerprint density at radius 3 is 2.33 bits per heavy atom. The number of hydrogen-bond donors (Lipinski definition) is 2. The van der Waals surface area contributed by atoms with Crippen LogP contribution in [0.4, 0.5) is 0 Å². The molecule has 1 amide bonds. The predicted octanol–water partition coefficient (Wildman–Crippen LogP) is 3.40. The Balaban J connectivity index is 0.00000161. The highest BCUT2D eigenvalue weighted by Crippen LogP contribution is 2.43. The summed E-state index contributed by atoms with van der Waals surface area (Å²) in [6.45, 7) is 0.609. The van der Waals surface area contributed by atoms with Gasteiger partial charge in [-0.3, -0.25) is 4.79 Å². The van der Waals surface area contributed by atoms with Crippen LogP contribution in [0.1, 0.15) is 70.6 Å². The molecule has 3 aliphatic carbocycles. The van der Waals surface area contributed by atoms with E-state index in [0.717, 1.165) is 37.5 Å². The number of nitrogens with one attached hydrogen (secondary N) is 1. The number of carbonyl (C=O) groups is 1. The van der Waals surface area contributed by atoms with Gasteiger partial charge in [0.25, 0.3) is 0 Å². The number of amides is 1. The smallest absolute Gasteiger partial charge is 0.223 e. The molecule has 3 saturated carbocycles. The maximum Gasteiger partial charge on any atom is 0.223 e. The molecular formula is C17H31ClN2O. The van der Waals surface area contributed by atoms with Crippen molar-refractivity contribution in [3.05, 3.63) is 0 Å². The average Bonchev–Trinajstić information content (AvgIpc) is 2.96. The van der Waals surface area contributed by atoms with Gasteiger partial charge >= 0.3 is 0 Å². The quantitative estimate of drug-likeness (QED) is 0.839. The third-order valence-electron chi connectivity index (χ3n) is 6.25. The molecule has 3 unspecified atom stereocenters. The van der Waals surface area contributed by atoms with Crippen molar-refractivity contribution in [2.45, 2.75) is 76.2 Å². The van der Waals surface area contributed by atoms with Gasteiger partial charge in [-0.05, 0) is 43.9 Å². The van der Waals surface area contributed by atoms with Crippen molar-refractivity contribution in [2.75, 3.05) is 6.54 Å². The Morgan fingerprint density at radius 2 is 1.67 bits per heavy atom. The first kappa shape index (κ1) is 17.1. The lowest BCUT2D eigenvalue weighted by molar-refractivity contribution is -0.129. The molecule has 3 nitrogen and oxygen atoms in total. The molecule has 0 aromatic heterocycles. The maximum atomic E-state index is 12.6. The van der Waals surface area contributed by atoms with Gasteiger partial charge in [-0.1, -0.05) is 38.5 Å². The highest BCUT2D eigenvalue weighted by molar-refractivity contribution is 5.85. The van der Waals surface area contributed by atoms with Gasteiger partial charge in [0.1, 0.15) is 0 Å². The summed E-state index contributed by atoms with van der Waals surface area (Å²) in [6.07, 6.45) is 13.7. The van der Waals surface area contributed by atoms with Crippen LogP contribution in [-0.4, -0.2) is 18.0 Å². The lowest BCUT2D eigenvalue weighted by Gasteiger charge is -2.40. The fraction of sp³-hybridized carbons (Fsp3) is 0.941. The van der Waals surface area contributed by atoms with Crippen LogP contribution >= 0.6 is 12.4 Å². The van der Waals surface area contributed by atoms with Crippen LogP contribution in [0.25, 0.3) is 0 Å². The molecule has 3 rings (SSSR count). The minimum Gasteiger partial charge on any atom is -0.349 e. The monoisotopic (exact) mass is 314 g/mol. The average molecular weight is 315 g/mol. The number of halogens is 1. The van der Waals surface area contributed by atoms with Crippen molar-refractivity contribution in [3.63, 3.8) is 0 Å². The van der Waals surface area contributed by atoms with E-state index in [1.54, 1.807) is 0 Å². The van der Waals surface area contributed by atoms with E-state index in [0.29, 0.717) is 12.5 Å². The molecule has 3 aliphatic rings. The lowest BCUT2D eigenvalue weighted by Crippen LogP contribution is -2.54. The molecule has 0 bridgehead atoms. The fourth-order valence-electron chi connectivity index (χ4n) is 4.91. The van der Waals surface area contributed by atoms with Crippen LogP contribution in [0, 0.1) is 17.8 Å². The van der Waals surface area contributed by atoms with E-state index in [4.69, 9.17) is 5.73 Å². The molecule has 3 fully saturated rings. The number of fused-ring (bicyclic) bond motifs is 1. The van der Waals surface area contributed by atoms with Crippen LogP contribution < -0.4 is 11.1 Å². The first-order chi connectivity index (χ1) is 9.72. The summed E-state index contributed by atoms with van der Waals surface area (Å²) in [5.41, 5.74) is 5.87. The number of carbonyl (C=O) groups excluding carboxylic acids is 1. The fourth-order valence-corrected chi connectivity index (χ4v) is 4.91. The molecule has 0 saturated heterocycles. The Labute approximate surface area is 135 Å². The number of nitrogens with two attached hydrogens (primary N) is 1. The minimum atomic E-state index is -0.0690. The maximum absolute atomic E-state index is 12.6. The van der Waals surface area contributed by atoms with E-state index < -0.39 is 0 Å². The summed E-state index contributed by atoms with van der Waals surface area (Å²) >= 11 is 0. The third kappa shape index (κ3) is 3.73. The summed E-state index contributed by atoms with van der Waals surface area (Å²) in [4.78, 5) is 12.6. The van der Waals surface area contributed by atoms with Gasteiger partial charge in [0.15, 0.2) is 0 Å². The molecular weight excluding hydrogens is 284 g/mol. The molecule has 0 spiro atoms. The second-order valence-electron chi connectivity index (χ2n) is 7.50. The summed E-state index contributed by atoms with van der Waals surface area (Å²) in [7, 11) is 0. The SMILES string of the molecule is Cl.NCC1(NC(=O)C2CCC3CCCCC3C2)CCCC1. The topological polar surface area (TPSA) is 55.1 Å². The molecule has 21 heavy (non-hydrogen) atoms. The van der Waals surface area contributed by atoms with Crippen molar-refractivity contribution in [1.82, 2.24) is 5.32 Å². The number of hydrogen-bond acceptors (Lipinski definition) is 2.